The van der Waals surface area contributed by atoms with Crippen molar-refractivity contribution in [2.75, 3.05) is 26.7 Å². The number of rotatable bonds is 5. The van der Waals surface area contributed by atoms with Gasteiger partial charge in [0.25, 0.3) is 0 Å². The number of hydrogen-bond donors (Lipinski definition) is 1. The van der Waals surface area contributed by atoms with Crippen molar-refractivity contribution in [2.24, 2.45) is 0 Å². The predicted molar refractivity (Wildman–Crippen MR) is 83.0 cm³/mol. The van der Waals surface area contributed by atoms with Crippen molar-refractivity contribution in [3.8, 4) is 0 Å². The number of halogens is 1. The first kappa shape index (κ1) is 16.0. The molecule has 0 radical (unpaired) electrons. The number of amides is 1. The lowest BCUT2D eigenvalue weighted by atomic mass is 10.0. The molecule has 0 aliphatic carbocycles. The van der Waals surface area contributed by atoms with Crippen LogP contribution in [-0.2, 0) is 9.59 Å². The van der Waals surface area contributed by atoms with E-state index in [0.29, 0.717) is 0 Å². The van der Waals surface area contributed by atoms with Crippen molar-refractivity contribution in [3.63, 3.8) is 0 Å². The van der Waals surface area contributed by atoms with Crippen molar-refractivity contribution in [1.82, 2.24) is 9.80 Å². The number of carbonyl (C=O) groups is 2. The number of carboxylic acids is 1. The third-order valence-corrected chi connectivity index (χ3v) is 4.15. The fourth-order valence-electron chi connectivity index (χ4n) is 2.68. The first-order chi connectivity index (χ1) is 9.99. The molecule has 1 aromatic rings. The number of carboxylic acid groups (broad SMARTS) is 1. The van der Waals surface area contributed by atoms with Gasteiger partial charge < -0.3 is 10.0 Å². The second-order valence-electron chi connectivity index (χ2n) is 5.29. The van der Waals surface area contributed by atoms with Crippen molar-refractivity contribution >= 4 is 27.8 Å². The van der Waals surface area contributed by atoms with Gasteiger partial charge in [0.2, 0.25) is 5.91 Å². The van der Waals surface area contributed by atoms with Crippen LogP contribution in [0.25, 0.3) is 0 Å². The van der Waals surface area contributed by atoms with E-state index in [9.17, 15) is 9.59 Å². The van der Waals surface area contributed by atoms with Crippen molar-refractivity contribution < 1.29 is 14.7 Å². The highest BCUT2D eigenvalue weighted by atomic mass is 79.9. The Balaban J connectivity index is 2.27. The van der Waals surface area contributed by atoms with Gasteiger partial charge in [-0.1, -0.05) is 28.1 Å². The normalized spacial score (nSPS) is 16.7. The van der Waals surface area contributed by atoms with Crippen LogP contribution >= 0.6 is 15.9 Å². The number of likely N-dealkylation sites (N-methyl/N-ethyl adjacent to an activating group) is 1. The molecule has 1 N–H and O–H groups in total. The Morgan fingerprint density at radius 1 is 1.38 bits per heavy atom. The monoisotopic (exact) mass is 354 g/mol. The molecule has 1 aromatic carbocycles. The van der Waals surface area contributed by atoms with E-state index in [-0.39, 0.29) is 12.5 Å². The Kier molecular flexibility index (Phi) is 5.36. The van der Waals surface area contributed by atoms with E-state index < -0.39 is 12.0 Å². The minimum atomic E-state index is -1.000. The SMILES string of the molecule is CN(CC(=O)O)C(=O)[C@@H](c1cccc(Br)c1)N1CCCC1. The van der Waals surface area contributed by atoms with Crippen molar-refractivity contribution in [2.45, 2.75) is 18.9 Å². The van der Waals surface area contributed by atoms with Crippen molar-refractivity contribution in [1.29, 1.82) is 0 Å². The quantitative estimate of drug-likeness (QED) is 0.879. The molecule has 21 heavy (non-hydrogen) atoms. The van der Waals surface area contributed by atoms with E-state index in [4.69, 9.17) is 5.11 Å². The lowest BCUT2D eigenvalue weighted by Crippen LogP contribution is -2.42. The summed E-state index contributed by atoms with van der Waals surface area (Å²) in [4.78, 5) is 26.9. The molecule has 0 bridgehead atoms. The zero-order chi connectivity index (χ0) is 15.4. The second kappa shape index (κ2) is 7.04. The number of hydrogen-bond acceptors (Lipinski definition) is 3. The Hall–Kier alpha value is -1.40. The molecule has 0 unspecified atom stereocenters. The fourth-order valence-corrected chi connectivity index (χ4v) is 3.09. The summed E-state index contributed by atoms with van der Waals surface area (Å²) in [5.41, 5.74) is 0.897. The molecule has 0 spiro atoms. The summed E-state index contributed by atoms with van der Waals surface area (Å²) in [6.07, 6.45) is 2.14. The second-order valence-corrected chi connectivity index (χ2v) is 6.20. The zero-order valence-corrected chi connectivity index (χ0v) is 13.5. The molecule has 114 valence electrons. The third-order valence-electron chi connectivity index (χ3n) is 3.65. The standard InChI is InChI=1S/C15H19BrN2O3/c1-17(10-13(19)20)15(21)14(18-7-2-3-8-18)11-5-4-6-12(16)9-11/h4-6,9,14H,2-3,7-8,10H2,1H3,(H,19,20)/t14-/m1/s1. The van der Waals surface area contributed by atoms with Gasteiger partial charge in [-0.2, -0.15) is 0 Å². The van der Waals surface area contributed by atoms with Gasteiger partial charge in [-0.3, -0.25) is 14.5 Å². The number of nitrogens with zero attached hydrogens (tertiary/aromatic N) is 2. The largest absolute Gasteiger partial charge is 0.480 e. The molecule has 0 aromatic heterocycles. The molecule has 6 heteroatoms. The highest BCUT2D eigenvalue weighted by Crippen LogP contribution is 2.28. The summed E-state index contributed by atoms with van der Waals surface area (Å²) in [6.45, 7) is 1.45. The first-order valence-electron chi connectivity index (χ1n) is 6.95. The maximum Gasteiger partial charge on any atom is 0.323 e. The molecule has 0 saturated carbocycles. The molecular weight excluding hydrogens is 336 g/mol. The van der Waals surface area contributed by atoms with Gasteiger partial charge >= 0.3 is 5.97 Å². The van der Waals surface area contributed by atoms with Crippen LogP contribution in [0.15, 0.2) is 28.7 Å². The predicted octanol–water partition coefficient (Wildman–Crippen LogP) is 2.13. The summed E-state index contributed by atoms with van der Waals surface area (Å²) in [7, 11) is 1.54. The molecule has 1 atom stereocenters. The number of aliphatic carboxylic acids is 1. The molecular formula is C15H19BrN2O3. The van der Waals surface area contributed by atoms with Crippen LogP contribution in [0.2, 0.25) is 0 Å². The molecule has 1 aliphatic rings. The Labute approximate surface area is 132 Å². The molecule has 1 saturated heterocycles. The van der Waals surface area contributed by atoms with Gasteiger partial charge in [0.05, 0.1) is 0 Å². The van der Waals surface area contributed by atoms with Gasteiger partial charge in [-0.15, -0.1) is 0 Å². The van der Waals surface area contributed by atoms with E-state index in [2.05, 4.69) is 20.8 Å². The van der Waals surface area contributed by atoms with E-state index in [1.165, 1.54) is 11.9 Å². The summed E-state index contributed by atoms with van der Waals surface area (Å²) in [5, 5.41) is 8.88. The van der Waals surface area contributed by atoms with E-state index in [1.807, 2.05) is 24.3 Å². The third kappa shape index (κ3) is 4.04. The maximum atomic E-state index is 12.7. The average Bonchev–Trinajstić information content (AvgIpc) is 2.92. The zero-order valence-electron chi connectivity index (χ0n) is 12.0. The molecule has 1 fully saturated rings. The van der Waals surface area contributed by atoms with Gasteiger partial charge in [-0.25, -0.2) is 0 Å². The smallest absolute Gasteiger partial charge is 0.323 e. The number of benzene rings is 1. The van der Waals surface area contributed by atoms with E-state index >= 15 is 0 Å². The van der Waals surface area contributed by atoms with Gasteiger partial charge in [-0.05, 0) is 43.6 Å². The lowest BCUT2D eigenvalue weighted by molar-refractivity contribution is -0.145. The summed E-state index contributed by atoms with van der Waals surface area (Å²) in [6, 6.07) is 7.24. The first-order valence-corrected chi connectivity index (χ1v) is 7.74. The van der Waals surface area contributed by atoms with E-state index in [1.54, 1.807) is 0 Å². The Morgan fingerprint density at radius 3 is 2.62 bits per heavy atom. The van der Waals surface area contributed by atoms with Crippen molar-refractivity contribution in [3.05, 3.63) is 34.3 Å². The van der Waals surface area contributed by atoms with Crippen LogP contribution in [0, 0.1) is 0 Å². The lowest BCUT2D eigenvalue weighted by Gasteiger charge is -2.30. The van der Waals surface area contributed by atoms with Crippen LogP contribution in [0.5, 0.6) is 0 Å². The average molecular weight is 355 g/mol. The van der Waals surface area contributed by atoms with Gasteiger partial charge in [0.1, 0.15) is 12.6 Å². The summed E-state index contributed by atoms with van der Waals surface area (Å²) < 4.78 is 0.915. The molecule has 2 rings (SSSR count). The minimum absolute atomic E-state index is 0.169. The van der Waals surface area contributed by atoms with Gasteiger partial charge in [0.15, 0.2) is 0 Å². The minimum Gasteiger partial charge on any atom is -0.480 e. The van der Waals surface area contributed by atoms with Crippen LogP contribution < -0.4 is 0 Å². The maximum absolute atomic E-state index is 12.7. The summed E-state index contributed by atoms with van der Waals surface area (Å²) in [5.74, 6) is -1.17. The summed E-state index contributed by atoms with van der Waals surface area (Å²) >= 11 is 3.43. The molecule has 5 nitrogen and oxygen atoms in total. The van der Waals surface area contributed by atoms with Crippen LogP contribution in [0.4, 0.5) is 0 Å². The van der Waals surface area contributed by atoms with E-state index in [0.717, 1.165) is 36.0 Å². The van der Waals surface area contributed by atoms with Crippen LogP contribution in [-0.4, -0.2) is 53.5 Å². The fraction of sp³-hybridized carbons (Fsp3) is 0.467. The Bertz CT molecular complexity index is 529. The highest BCUT2D eigenvalue weighted by Gasteiger charge is 2.32. The number of likely N-dealkylation sites (tertiary alicyclic amines) is 1. The Morgan fingerprint density at radius 2 is 2.05 bits per heavy atom. The number of carbonyl (C=O) groups excluding carboxylic acids is 1. The molecule has 1 aliphatic heterocycles. The highest BCUT2D eigenvalue weighted by molar-refractivity contribution is 9.10. The van der Waals surface area contributed by atoms with Gasteiger partial charge in [0, 0.05) is 11.5 Å². The molecule has 1 heterocycles. The topological polar surface area (TPSA) is 60.9 Å². The van der Waals surface area contributed by atoms with Crippen LogP contribution in [0.3, 0.4) is 0 Å². The molecule has 1 amide bonds. The van der Waals surface area contributed by atoms with Crippen LogP contribution in [0.1, 0.15) is 24.4 Å².